The van der Waals surface area contributed by atoms with Crippen LogP contribution < -0.4 is 0 Å². The molecule has 0 spiro atoms. The van der Waals surface area contributed by atoms with E-state index in [0.717, 1.165) is 38.5 Å². The van der Waals surface area contributed by atoms with E-state index in [1.165, 1.54) is 18.1 Å². The van der Waals surface area contributed by atoms with Crippen LogP contribution in [0.3, 0.4) is 0 Å². The third-order valence-electron chi connectivity index (χ3n) is 3.74. The number of halogens is 1. The van der Waals surface area contributed by atoms with Crippen LogP contribution in [0.5, 0.6) is 0 Å². The van der Waals surface area contributed by atoms with Crippen molar-refractivity contribution in [3.05, 3.63) is 23.3 Å². The van der Waals surface area contributed by atoms with Gasteiger partial charge in [-0.3, -0.25) is 4.79 Å². The molecule has 4 heteroatoms. The summed E-state index contributed by atoms with van der Waals surface area (Å²) >= 11 is 3.55. The minimum Gasteiger partial charge on any atom is -0.466 e. The molecule has 1 N–H and O–H groups in total. The van der Waals surface area contributed by atoms with Crippen molar-refractivity contribution >= 4 is 21.9 Å². The van der Waals surface area contributed by atoms with E-state index in [2.05, 4.69) is 41.9 Å². The molecule has 23 heavy (non-hydrogen) atoms. The molecule has 0 radical (unpaired) electrons. The van der Waals surface area contributed by atoms with Gasteiger partial charge < -0.3 is 9.84 Å². The smallest absolute Gasteiger partial charge is 0.302 e. The number of carbonyl (C=O) groups is 1. The van der Waals surface area contributed by atoms with Gasteiger partial charge in [0.05, 0.1) is 12.2 Å². The van der Waals surface area contributed by atoms with Crippen LogP contribution in [0.25, 0.3) is 0 Å². The largest absolute Gasteiger partial charge is 0.466 e. The minimum atomic E-state index is -0.675. The predicted molar refractivity (Wildman–Crippen MR) is 101 cm³/mol. The Morgan fingerprint density at radius 3 is 2.26 bits per heavy atom. The summed E-state index contributed by atoms with van der Waals surface area (Å²) in [6.45, 7) is 9.92. The van der Waals surface area contributed by atoms with Gasteiger partial charge >= 0.3 is 5.97 Å². The fourth-order valence-electron chi connectivity index (χ4n) is 2.11. The zero-order valence-electron chi connectivity index (χ0n) is 15.3. The highest BCUT2D eigenvalue weighted by molar-refractivity contribution is 9.09. The first-order chi connectivity index (χ1) is 10.6. The van der Waals surface area contributed by atoms with Crippen LogP contribution in [-0.4, -0.2) is 28.1 Å². The van der Waals surface area contributed by atoms with Crippen LogP contribution in [0.4, 0.5) is 0 Å². The Labute approximate surface area is 150 Å². The average Bonchev–Trinajstić information content (AvgIpc) is 2.42. The SMILES string of the molecule is CC(=O)OCCC/C=C(\C)CC/C=C(\C)CCC(Br)C(C)(C)O. The summed E-state index contributed by atoms with van der Waals surface area (Å²) < 4.78 is 4.91. The van der Waals surface area contributed by atoms with Crippen molar-refractivity contribution in [2.75, 3.05) is 6.61 Å². The molecule has 0 saturated heterocycles. The van der Waals surface area contributed by atoms with E-state index >= 15 is 0 Å². The summed E-state index contributed by atoms with van der Waals surface area (Å²) in [5.74, 6) is -0.207. The predicted octanol–water partition coefficient (Wildman–Crippen LogP) is 5.32. The minimum absolute atomic E-state index is 0.122. The number of allylic oxidation sites excluding steroid dienone is 4. The van der Waals surface area contributed by atoms with E-state index in [1.54, 1.807) is 0 Å². The second-order valence-electron chi connectivity index (χ2n) is 6.78. The van der Waals surface area contributed by atoms with Crippen molar-refractivity contribution in [3.8, 4) is 0 Å². The lowest BCUT2D eigenvalue weighted by Crippen LogP contribution is -2.31. The quantitative estimate of drug-likeness (QED) is 0.225. The molecule has 0 bridgehead atoms. The van der Waals surface area contributed by atoms with Crippen molar-refractivity contribution in [3.63, 3.8) is 0 Å². The summed E-state index contributed by atoms with van der Waals surface area (Å²) in [7, 11) is 0. The van der Waals surface area contributed by atoms with Gasteiger partial charge in [0, 0.05) is 11.8 Å². The van der Waals surface area contributed by atoms with Crippen molar-refractivity contribution in [2.24, 2.45) is 0 Å². The molecular formula is C19H33BrO3. The number of unbranched alkanes of at least 4 members (excludes halogenated alkanes) is 1. The monoisotopic (exact) mass is 388 g/mol. The van der Waals surface area contributed by atoms with E-state index in [9.17, 15) is 9.90 Å². The maximum absolute atomic E-state index is 10.6. The number of rotatable bonds is 11. The third kappa shape index (κ3) is 13.5. The van der Waals surface area contributed by atoms with Crippen molar-refractivity contribution < 1.29 is 14.6 Å². The molecule has 1 unspecified atom stereocenters. The maximum Gasteiger partial charge on any atom is 0.302 e. The summed E-state index contributed by atoms with van der Waals surface area (Å²) in [5.41, 5.74) is 2.08. The summed E-state index contributed by atoms with van der Waals surface area (Å²) in [6.07, 6.45) is 10.4. The highest BCUT2D eigenvalue weighted by Gasteiger charge is 2.23. The number of aliphatic hydroxyl groups is 1. The lowest BCUT2D eigenvalue weighted by Gasteiger charge is -2.24. The molecule has 0 rings (SSSR count). The van der Waals surface area contributed by atoms with Crippen LogP contribution in [0.2, 0.25) is 0 Å². The van der Waals surface area contributed by atoms with E-state index in [4.69, 9.17) is 4.74 Å². The lowest BCUT2D eigenvalue weighted by atomic mass is 9.98. The van der Waals surface area contributed by atoms with Crippen LogP contribution in [0, 0.1) is 0 Å². The Bertz CT molecular complexity index is 405. The second kappa shape index (κ2) is 11.9. The van der Waals surface area contributed by atoms with Crippen LogP contribution >= 0.6 is 15.9 Å². The molecule has 1 atom stereocenters. The molecule has 3 nitrogen and oxygen atoms in total. The van der Waals surface area contributed by atoms with E-state index in [0.29, 0.717) is 6.61 Å². The molecule has 0 heterocycles. The lowest BCUT2D eigenvalue weighted by molar-refractivity contribution is -0.141. The summed E-state index contributed by atoms with van der Waals surface area (Å²) in [6, 6.07) is 0. The van der Waals surface area contributed by atoms with Gasteiger partial charge in [0.1, 0.15) is 0 Å². The van der Waals surface area contributed by atoms with Crippen molar-refractivity contribution in [1.29, 1.82) is 0 Å². The standard InChI is InChI=1S/C19H33BrO3/c1-15(9-6-7-14-23-17(3)21)10-8-11-16(2)12-13-18(20)19(4,5)22/h9,11,18,22H,6-8,10,12-14H2,1-5H3/b15-9+,16-11+. The number of ether oxygens (including phenoxy) is 1. The van der Waals surface area contributed by atoms with Crippen molar-refractivity contribution in [2.45, 2.75) is 83.6 Å². The molecular weight excluding hydrogens is 356 g/mol. The highest BCUT2D eigenvalue weighted by Crippen LogP contribution is 2.24. The van der Waals surface area contributed by atoms with E-state index in [-0.39, 0.29) is 10.8 Å². The normalized spacial score (nSPS) is 14.7. The Hall–Kier alpha value is -0.610. The van der Waals surface area contributed by atoms with Gasteiger partial charge in [-0.1, -0.05) is 39.2 Å². The molecule has 0 aliphatic heterocycles. The van der Waals surface area contributed by atoms with Crippen molar-refractivity contribution in [1.82, 2.24) is 0 Å². The second-order valence-corrected chi connectivity index (χ2v) is 7.89. The van der Waals surface area contributed by atoms with E-state index in [1.807, 2.05) is 13.8 Å². The van der Waals surface area contributed by atoms with Crippen LogP contribution in [0.15, 0.2) is 23.3 Å². The first-order valence-corrected chi connectivity index (χ1v) is 9.35. The fourth-order valence-corrected chi connectivity index (χ4v) is 2.33. The number of esters is 1. The molecule has 0 aromatic carbocycles. The zero-order valence-corrected chi connectivity index (χ0v) is 16.9. The Morgan fingerprint density at radius 1 is 1.13 bits per heavy atom. The molecule has 0 aromatic rings. The Morgan fingerprint density at radius 2 is 1.70 bits per heavy atom. The topological polar surface area (TPSA) is 46.5 Å². The van der Waals surface area contributed by atoms with E-state index < -0.39 is 5.60 Å². The average molecular weight is 389 g/mol. The number of hydrogen-bond acceptors (Lipinski definition) is 3. The summed E-state index contributed by atoms with van der Waals surface area (Å²) in [4.78, 5) is 10.8. The van der Waals surface area contributed by atoms with Gasteiger partial charge in [0.15, 0.2) is 0 Å². The number of carbonyl (C=O) groups excluding carboxylic acids is 1. The third-order valence-corrected chi connectivity index (χ3v) is 5.31. The summed E-state index contributed by atoms with van der Waals surface area (Å²) in [5, 5.41) is 9.90. The first-order valence-electron chi connectivity index (χ1n) is 8.44. The molecule has 0 aliphatic carbocycles. The van der Waals surface area contributed by atoms with Gasteiger partial charge in [-0.2, -0.15) is 0 Å². The molecule has 0 aliphatic rings. The van der Waals surface area contributed by atoms with Crippen LogP contribution in [-0.2, 0) is 9.53 Å². The van der Waals surface area contributed by atoms with Gasteiger partial charge in [0.2, 0.25) is 0 Å². The fraction of sp³-hybridized carbons (Fsp3) is 0.737. The Balaban J connectivity index is 3.91. The first kappa shape index (κ1) is 22.4. The maximum atomic E-state index is 10.6. The van der Waals surface area contributed by atoms with Crippen LogP contribution in [0.1, 0.15) is 73.1 Å². The van der Waals surface area contributed by atoms with Gasteiger partial charge in [-0.25, -0.2) is 0 Å². The number of alkyl halides is 1. The number of hydrogen-bond donors (Lipinski definition) is 1. The van der Waals surface area contributed by atoms with Gasteiger partial charge in [0.25, 0.3) is 0 Å². The van der Waals surface area contributed by atoms with Gasteiger partial charge in [-0.15, -0.1) is 0 Å². The molecule has 0 aromatic heterocycles. The van der Waals surface area contributed by atoms with Gasteiger partial charge in [-0.05, 0) is 66.2 Å². The molecule has 0 saturated carbocycles. The zero-order chi connectivity index (χ0) is 17.9. The Kier molecular flexibility index (Phi) is 11.5. The molecule has 0 fully saturated rings. The highest BCUT2D eigenvalue weighted by atomic mass is 79.9. The molecule has 0 amide bonds. The molecule has 134 valence electrons.